The highest BCUT2D eigenvalue weighted by molar-refractivity contribution is 5.33. The van der Waals surface area contributed by atoms with Gasteiger partial charge in [0.1, 0.15) is 0 Å². The first-order valence-electron chi connectivity index (χ1n) is 6.87. The van der Waals surface area contributed by atoms with Crippen molar-refractivity contribution in [2.24, 2.45) is 5.41 Å². The van der Waals surface area contributed by atoms with E-state index in [9.17, 15) is 0 Å². The Kier molecular flexibility index (Phi) is 2.95. The van der Waals surface area contributed by atoms with Crippen LogP contribution in [0.15, 0.2) is 60.7 Å². The van der Waals surface area contributed by atoms with Gasteiger partial charge in [-0.1, -0.05) is 67.6 Å². The largest absolute Gasteiger partial charge is 0.0622 e. The molecule has 0 aliphatic heterocycles. The summed E-state index contributed by atoms with van der Waals surface area (Å²) in [6.45, 7) is 2.42. The second kappa shape index (κ2) is 4.61. The number of hydrogen-bond acceptors (Lipinski definition) is 0. The standard InChI is InChI=1S/C18H20/c1-18(12-13-18)14-17(15-8-4-2-5-9-15)16-10-6-3-7-11-16/h2-11,17H,12-14H2,1H3. The normalized spacial score (nSPS) is 16.8. The Hall–Kier alpha value is -1.56. The average Bonchev–Trinajstić information content (AvgIpc) is 3.16. The van der Waals surface area contributed by atoms with E-state index in [0.717, 1.165) is 0 Å². The molecule has 0 bridgehead atoms. The zero-order valence-corrected chi connectivity index (χ0v) is 11.0. The van der Waals surface area contributed by atoms with Crippen LogP contribution in [0.1, 0.15) is 43.2 Å². The van der Waals surface area contributed by atoms with Gasteiger partial charge in [0.2, 0.25) is 0 Å². The van der Waals surface area contributed by atoms with Gasteiger partial charge < -0.3 is 0 Å². The van der Waals surface area contributed by atoms with E-state index in [0.29, 0.717) is 11.3 Å². The second-order valence-electron chi connectivity index (χ2n) is 5.89. The lowest BCUT2D eigenvalue weighted by Gasteiger charge is -2.21. The van der Waals surface area contributed by atoms with Crippen LogP contribution in [0.5, 0.6) is 0 Å². The molecule has 2 aromatic carbocycles. The molecule has 0 aromatic heterocycles. The quantitative estimate of drug-likeness (QED) is 0.700. The molecule has 0 spiro atoms. The van der Waals surface area contributed by atoms with Gasteiger partial charge in [-0.25, -0.2) is 0 Å². The molecule has 0 N–H and O–H groups in total. The number of hydrogen-bond donors (Lipinski definition) is 0. The van der Waals surface area contributed by atoms with Crippen LogP contribution in [0.2, 0.25) is 0 Å². The Balaban J connectivity index is 1.93. The van der Waals surface area contributed by atoms with Gasteiger partial charge in [-0.05, 0) is 35.8 Å². The smallest absolute Gasteiger partial charge is 0.00945 e. The zero-order chi connectivity index (χ0) is 12.4. The molecule has 1 aliphatic rings. The molecule has 2 aromatic rings. The van der Waals surface area contributed by atoms with Crippen molar-refractivity contribution in [2.75, 3.05) is 0 Å². The van der Waals surface area contributed by atoms with Crippen molar-refractivity contribution in [3.63, 3.8) is 0 Å². The molecule has 0 radical (unpaired) electrons. The Bertz CT molecular complexity index is 455. The maximum atomic E-state index is 2.42. The lowest BCUT2D eigenvalue weighted by molar-refractivity contribution is 0.482. The van der Waals surface area contributed by atoms with Gasteiger partial charge >= 0.3 is 0 Å². The SMILES string of the molecule is CC1(CC(c2ccccc2)c2ccccc2)CC1. The van der Waals surface area contributed by atoms with E-state index in [2.05, 4.69) is 67.6 Å². The average molecular weight is 236 g/mol. The van der Waals surface area contributed by atoms with E-state index in [1.54, 1.807) is 0 Å². The Labute approximate surface area is 110 Å². The number of benzene rings is 2. The van der Waals surface area contributed by atoms with Gasteiger partial charge in [0, 0.05) is 5.92 Å². The topological polar surface area (TPSA) is 0 Å². The lowest BCUT2D eigenvalue weighted by Crippen LogP contribution is -2.07. The van der Waals surface area contributed by atoms with Gasteiger partial charge in [-0.2, -0.15) is 0 Å². The van der Waals surface area contributed by atoms with Crippen LogP contribution in [0.25, 0.3) is 0 Å². The van der Waals surface area contributed by atoms with Crippen molar-refractivity contribution in [1.82, 2.24) is 0 Å². The van der Waals surface area contributed by atoms with Crippen molar-refractivity contribution in [3.05, 3.63) is 71.8 Å². The van der Waals surface area contributed by atoms with Crippen LogP contribution < -0.4 is 0 Å². The molecule has 0 amide bonds. The predicted molar refractivity (Wildman–Crippen MR) is 76.7 cm³/mol. The van der Waals surface area contributed by atoms with Crippen molar-refractivity contribution >= 4 is 0 Å². The molecule has 18 heavy (non-hydrogen) atoms. The highest BCUT2D eigenvalue weighted by atomic mass is 14.4. The minimum absolute atomic E-state index is 0.555. The summed E-state index contributed by atoms with van der Waals surface area (Å²) in [5.74, 6) is 0.555. The fraction of sp³-hybridized carbons (Fsp3) is 0.333. The molecule has 1 aliphatic carbocycles. The van der Waals surface area contributed by atoms with E-state index in [-0.39, 0.29) is 0 Å². The Morgan fingerprint density at radius 2 is 1.28 bits per heavy atom. The van der Waals surface area contributed by atoms with Gasteiger partial charge in [0.25, 0.3) is 0 Å². The molecule has 0 nitrogen and oxygen atoms in total. The van der Waals surface area contributed by atoms with E-state index in [1.807, 2.05) is 0 Å². The monoisotopic (exact) mass is 236 g/mol. The second-order valence-corrected chi connectivity index (χ2v) is 5.89. The minimum Gasteiger partial charge on any atom is -0.0622 e. The summed E-state index contributed by atoms with van der Waals surface area (Å²) in [4.78, 5) is 0. The molecule has 3 rings (SSSR count). The third kappa shape index (κ3) is 2.48. The molecular weight excluding hydrogens is 216 g/mol. The van der Waals surface area contributed by atoms with Crippen molar-refractivity contribution in [2.45, 2.75) is 32.1 Å². The lowest BCUT2D eigenvalue weighted by atomic mass is 9.83. The molecule has 1 fully saturated rings. The summed E-state index contributed by atoms with van der Waals surface area (Å²) in [5.41, 5.74) is 3.49. The van der Waals surface area contributed by atoms with Crippen LogP contribution in [-0.4, -0.2) is 0 Å². The van der Waals surface area contributed by atoms with E-state index in [1.165, 1.54) is 30.4 Å². The van der Waals surface area contributed by atoms with Crippen molar-refractivity contribution < 1.29 is 0 Å². The third-order valence-electron chi connectivity index (χ3n) is 4.20. The molecule has 0 heterocycles. The molecule has 0 atom stereocenters. The van der Waals surface area contributed by atoms with E-state index in [4.69, 9.17) is 0 Å². The van der Waals surface area contributed by atoms with Crippen LogP contribution in [-0.2, 0) is 0 Å². The van der Waals surface area contributed by atoms with Gasteiger partial charge in [0.05, 0.1) is 0 Å². The first-order valence-corrected chi connectivity index (χ1v) is 6.87. The summed E-state index contributed by atoms with van der Waals surface area (Å²) >= 11 is 0. The molecule has 1 saturated carbocycles. The van der Waals surface area contributed by atoms with Crippen LogP contribution in [0, 0.1) is 5.41 Å². The summed E-state index contributed by atoms with van der Waals surface area (Å²) in [6.07, 6.45) is 4.06. The molecule has 0 heteroatoms. The van der Waals surface area contributed by atoms with Gasteiger partial charge in [-0.3, -0.25) is 0 Å². The van der Waals surface area contributed by atoms with E-state index < -0.39 is 0 Å². The fourth-order valence-electron chi connectivity index (χ4n) is 2.71. The van der Waals surface area contributed by atoms with E-state index >= 15 is 0 Å². The summed E-state index contributed by atoms with van der Waals surface area (Å²) in [5, 5.41) is 0. The Morgan fingerprint density at radius 1 is 0.833 bits per heavy atom. The fourth-order valence-corrected chi connectivity index (χ4v) is 2.71. The summed E-state index contributed by atoms with van der Waals surface area (Å²) < 4.78 is 0. The minimum atomic E-state index is 0.555. The first-order chi connectivity index (χ1) is 8.77. The summed E-state index contributed by atoms with van der Waals surface area (Å²) in [7, 11) is 0. The maximum Gasteiger partial charge on any atom is 0.00945 e. The first kappa shape index (κ1) is 11.5. The highest BCUT2D eigenvalue weighted by Gasteiger charge is 2.39. The van der Waals surface area contributed by atoms with Gasteiger partial charge in [0.15, 0.2) is 0 Å². The summed E-state index contributed by atoms with van der Waals surface area (Å²) in [6, 6.07) is 21.9. The van der Waals surface area contributed by atoms with Crippen molar-refractivity contribution in [3.8, 4) is 0 Å². The molecule has 0 saturated heterocycles. The van der Waals surface area contributed by atoms with Crippen LogP contribution >= 0.6 is 0 Å². The van der Waals surface area contributed by atoms with Crippen molar-refractivity contribution in [1.29, 1.82) is 0 Å². The molecule has 92 valence electrons. The van der Waals surface area contributed by atoms with Crippen LogP contribution in [0.3, 0.4) is 0 Å². The molecular formula is C18H20. The van der Waals surface area contributed by atoms with Crippen LogP contribution in [0.4, 0.5) is 0 Å². The number of rotatable bonds is 4. The third-order valence-corrected chi connectivity index (χ3v) is 4.20. The molecule has 0 unspecified atom stereocenters. The van der Waals surface area contributed by atoms with Gasteiger partial charge in [-0.15, -0.1) is 0 Å². The maximum absolute atomic E-state index is 2.42. The predicted octanol–water partition coefficient (Wildman–Crippen LogP) is 5.01. The zero-order valence-electron chi connectivity index (χ0n) is 11.0. The Morgan fingerprint density at radius 3 is 1.67 bits per heavy atom. The highest BCUT2D eigenvalue weighted by Crippen LogP contribution is 2.52.